The van der Waals surface area contributed by atoms with E-state index in [-0.39, 0.29) is 0 Å². The fourth-order valence-electron chi connectivity index (χ4n) is 1.86. The largest absolute Gasteiger partial charge is 0.481 e. The molecule has 1 rings (SSSR count). The monoisotopic (exact) mass is 303 g/mol. The van der Waals surface area contributed by atoms with Crippen molar-refractivity contribution in [1.29, 1.82) is 0 Å². The van der Waals surface area contributed by atoms with Crippen LogP contribution in [-0.2, 0) is 9.59 Å². The number of hydrogen-bond donors (Lipinski definition) is 1. The van der Waals surface area contributed by atoms with Gasteiger partial charge in [0.2, 0.25) is 0 Å². The van der Waals surface area contributed by atoms with E-state index in [1.165, 1.54) is 13.8 Å². The summed E-state index contributed by atoms with van der Waals surface area (Å²) < 4.78 is 38.1. The van der Waals surface area contributed by atoms with Gasteiger partial charge in [-0.1, -0.05) is 37.3 Å². The van der Waals surface area contributed by atoms with Crippen LogP contribution in [0.4, 0.5) is 13.2 Å². The first-order valence-corrected chi connectivity index (χ1v) is 6.30. The topological polar surface area (TPSA) is 57.6 Å². The molecule has 0 radical (unpaired) electrons. The molecule has 1 aromatic rings. The average Bonchev–Trinajstić information content (AvgIpc) is 2.42. The second-order valence-corrected chi connectivity index (χ2v) is 4.78. The molecule has 1 aromatic carbocycles. The molecule has 116 valence electrons. The highest BCUT2D eigenvalue weighted by atomic mass is 19.4. The van der Waals surface area contributed by atoms with E-state index in [1.807, 2.05) is 0 Å². The number of nitrogens with zero attached hydrogens (tertiary/aromatic N) is 1. The lowest BCUT2D eigenvalue weighted by molar-refractivity contribution is -0.188. The van der Waals surface area contributed by atoms with Crippen LogP contribution in [0.3, 0.4) is 0 Å². The number of amides is 1. The number of benzene rings is 1. The van der Waals surface area contributed by atoms with Crippen LogP contribution in [0.2, 0.25) is 0 Å². The van der Waals surface area contributed by atoms with Crippen molar-refractivity contribution >= 4 is 11.9 Å². The second kappa shape index (κ2) is 6.60. The predicted octanol–water partition coefficient (Wildman–Crippen LogP) is 2.86. The van der Waals surface area contributed by atoms with Crippen LogP contribution in [0.5, 0.6) is 0 Å². The summed E-state index contributed by atoms with van der Waals surface area (Å²) in [5.74, 6) is -4.38. The molecule has 0 aromatic heterocycles. The molecule has 0 aliphatic rings. The van der Waals surface area contributed by atoms with Gasteiger partial charge in [-0.3, -0.25) is 9.59 Å². The summed E-state index contributed by atoms with van der Waals surface area (Å²) in [4.78, 5) is 22.9. The summed E-state index contributed by atoms with van der Waals surface area (Å²) in [6, 6.07) is 7.29. The fraction of sp³-hybridized carbons (Fsp3) is 0.429. The third-order valence-electron chi connectivity index (χ3n) is 3.14. The minimum Gasteiger partial charge on any atom is -0.481 e. The Kier molecular flexibility index (Phi) is 5.34. The molecule has 7 heteroatoms. The molecule has 4 nitrogen and oxygen atoms in total. The van der Waals surface area contributed by atoms with Gasteiger partial charge >= 0.3 is 18.1 Å². The maximum Gasteiger partial charge on any atom is 0.471 e. The summed E-state index contributed by atoms with van der Waals surface area (Å²) >= 11 is 0. The van der Waals surface area contributed by atoms with Gasteiger partial charge in [0.05, 0.1) is 12.0 Å². The molecule has 0 bridgehead atoms. The molecule has 2 atom stereocenters. The maximum atomic E-state index is 12.7. The Hall–Kier alpha value is -2.05. The molecule has 0 saturated carbocycles. The first-order chi connectivity index (χ1) is 9.64. The number of rotatable bonds is 5. The van der Waals surface area contributed by atoms with Crippen molar-refractivity contribution in [2.24, 2.45) is 5.92 Å². The Bertz CT molecular complexity index is 502. The van der Waals surface area contributed by atoms with Crippen LogP contribution in [0.15, 0.2) is 30.3 Å². The normalized spacial score (nSPS) is 14.3. The quantitative estimate of drug-likeness (QED) is 0.910. The molecular weight excluding hydrogens is 287 g/mol. The molecule has 0 saturated heterocycles. The number of hydrogen-bond acceptors (Lipinski definition) is 2. The van der Waals surface area contributed by atoms with Crippen LogP contribution in [0.1, 0.15) is 25.5 Å². The minimum absolute atomic E-state index is 0.507. The summed E-state index contributed by atoms with van der Waals surface area (Å²) in [5.41, 5.74) is 0.507. The van der Waals surface area contributed by atoms with Crippen LogP contribution < -0.4 is 0 Å². The van der Waals surface area contributed by atoms with Crippen molar-refractivity contribution in [3.8, 4) is 0 Å². The van der Waals surface area contributed by atoms with Gasteiger partial charge in [0.1, 0.15) is 0 Å². The van der Waals surface area contributed by atoms with Gasteiger partial charge in [0.25, 0.3) is 0 Å². The summed E-state index contributed by atoms with van der Waals surface area (Å²) in [7, 11) is 0. The molecule has 0 fully saturated rings. The Morgan fingerprint density at radius 1 is 1.19 bits per heavy atom. The first-order valence-electron chi connectivity index (χ1n) is 6.30. The van der Waals surface area contributed by atoms with Gasteiger partial charge in [-0.05, 0) is 12.5 Å². The zero-order valence-corrected chi connectivity index (χ0v) is 11.6. The number of aliphatic carboxylic acids is 1. The molecule has 0 heterocycles. The van der Waals surface area contributed by atoms with Crippen LogP contribution in [0, 0.1) is 5.92 Å². The first kappa shape index (κ1) is 17.0. The Labute approximate surface area is 120 Å². The van der Waals surface area contributed by atoms with Crippen LogP contribution >= 0.6 is 0 Å². The van der Waals surface area contributed by atoms with Crippen LogP contribution in [-0.4, -0.2) is 34.6 Å². The van der Waals surface area contributed by atoms with Gasteiger partial charge in [-0.2, -0.15) is 13.2 Å². The number of carbonyl (C=O) groups is 2. The lowest BCUT2D eigenvalue weighted by Gasteiger charge is -2.31. The summed E-state index contributed by atoms with van der Waals surface area (Å²) in [5, 5.41) is 8.85. The van der Waals surface area contributed by atoms with E-state index in [0.717, 1.165) is 0 Å². The van der Waals surface area contributed by atoms with Gasteiger partial charge < -0.3 is 10.0 Å². The smallest absolute Gasteiger partial charge is 0.471 e. The van der Waals surface area contributed by atoms with E-state index in [9.17, 15) is 22.8 Å². The standard InChI is InChI=1S/C14H16F3NO3/c1-9(12(19)20)8-18(13(21)14(15,16)17)10(2)11-6-4-3-5-7-11/h3-7,9-10H,8H2,1-2H3,(H,19,20). The van der Waals surface area contributed by atoms with E-state index in [0.29, 0.717) is 10.5 Å². The van der Waals surface area contributed by atoms with E-state index in [4.69, 9.17) is 5.11 Å². The number of carbonyl (C=O) groups excluding carboxylic acids is 1. The number of alkyl halides is 3. The fourth-order valence-corrected chi connectivity index (χ4v) is 1.86. The van der Waals surface area contributed by atoms with Crippen molar-refractivity contribution in [2.45, 2.75) is 26.1 Å². The molecule has 1 amide bonds. The Morgan fingerprint density at radius 2 is 1.71 bits per heavy atom. The molecule has 0 aliphatic carbocycles. The van der Waals surface area contributed by atoms with Crippen molar-refractivity contribution < 1.29 is 27.9 Å². The summed E-state index contributed by atoms with van der Waals surface area (Å²) in [6.45, 7) is 2.19. The lowest BCUT2D eigenvalue weighted by atomic mass is 10.0. The highest BCUT2D eigenvalue weighted by Gasteiger charge is 2.44. The minimum atomic E-state index is -5.04. The molecule has 2 unspecified atom stereocenters. The highest BCUT2D eigenvalue weighted by molar-refractivity contribution is 5.83. The third-order valence-corrected chi connectivity index (χ3v) is 3.14. The van der Waals surface area contributed by atoms with Gasteiger partial charge in [0, 0.05) is 6.54 Å². The molecule has 21 heavy (non-hydrogen) atoms. The van der Waals surface area contributed by atoms with E-state index in [1.54, 1.807) is 30.3 Å². The van der Waals surface area contributed by atoms with Gasteiger partial charge in [-0.25, -0.2) is 0 Å². The Morgan fingerprint density at radius 3 is 2.14 bits per heavy atom. The number of halogens is 3. The maximum absolute atomic E-state index is 12.7. The van der Waals surface area contributed by atoms with E-state index < -0.39 is 36.6 Å². The predicted molar refractivity (Wildman–Crippen MR) is 69.4 cm³/mol. The van der Waals surface area contributed by atoms with E-state index >= 15 is 0 Å². The SMILES string of the molecule is CC(CN(C(=O)C(F)(F)F)C(C)c1ccccc1)C(=O)O. The zero-order chi connectivity index (χ0) is 16.2. The second-order valence-electron chi connectivity index (χ2n) is 4.78. The third kappa shape index (κ3) is 4.47. The highest BCUT2D eigenvalue weighted by Crippen LogP contribution is 2.27. The molecule has 1 N–H and O–H groups in total. The molecule has 0 spiro atoms. The average molecular weight is 303 g/mol. The van der Waals surface area contributed by atoms with Crippen molar-refractivity contribution in [2.75, 3.05) is 6.54 Å². The number of carboxylic acids is 1. The zero-order valence-electron chi connectivity index (χ0n) is 11.6. The molecule has 0 aliphatic heterocycles. The van der Waals surface area contributed by atoms with E-state index in [2.05, 4.69) is 0 Å². The lowest BCUT2D eigenvalue weighted by Crippen LogP contribution is -2.45. The van der Waals surface area contributed by atoms with Crippen molar-refractivity contribution in [1.82, 2.24) is 4.90 Å². The van der Waals surface area contributed by atoms with Gasteiger partial charge in [0.15, 0.2) is 0 Å². The van der Waals surface area contributed by atoms with Crippen molar-refractivity contribution in [3.05, 3.63) is 35.9 Å². The van der Waals surface area contributed by atoms with Gasteiger partial charge in [-0.15, -0.1) is 0 Å². The molecular formula is C14H16F3NO3. The number of carboxylic acid groups (broad SMARTS) is 1. The van der Waals surface area contributed by atoms with Crippen molar-refractivity contribution in [3.63, 3.8) is 0 Å². The van der Waals surface area contributed by atoms with Crippen LogP contribution in [0.25, 0.3) is 0 Å². The Balaban J connectivity index is 3.07. The summed E-state index contributed by atoms with van der Waals surface area (Å²) in [6.07, 6.45) is -5.04.